The van der Waals surface area contributed by atoms with Crippen LogP contribution >= 0.6 is 0 Å². The number of amides is 1. The molecule has 5 nitrogen and oxygen atoms in total. The Morgan fingerprint density at radius 2 is 1.64 bits per heavy atom. The number of hydrogen-bond acceptors (Lipinski definition) is 4. The molecule has 1 heterocycles. The number of carbonyl (C=O) groups is 1. The van der Waals surface area contributed by atoms with Gasteiger partial charge in [-0.1, -0.05) is 43.2 Å². The molecule has 3 N–H and O–H groups in total. The Kier molecular flexibility index (Phi) is 8.63. The summed E-state index contributed by atoms with van der Waals surface area (Å²) in [5.41, 5.74) is 2.71. The zero-order valence-electron chi connectivity index (χ0n) is 21.3. The number of alkyl halides is 6. The Morgan fingerprint density at radius 3 is 2.21 bits per heavy atom. The van der Waals surface area contributed by atoms with Crippen LogP contribution in [0.5, 0.6) is 0 Å². The maximum atomic E-state index is 13.4. The summed E-state index contributed by atoms with van der Waals surface area (Å²) in [6.07, 6.45) is -7.04. The van der Waals surface area contributed by atoms with E-state index in [1.165, 1.54) is 0 Å². The van der Waals surface area contributed by atoms with Crippen LogP contribution in [-0.4, -0.2) is 41.7 Å². The minimum absolute atomic E-state index is 0.0420. The third-order valence-corrected chi connectivity index (χ3v) is 8.05. The molecule has 11 heteroatoms. The van der Waals surface area contributed by atoms with Gasteiger partial charge in [0.1, 0.15) is 6.10 Å². The normalized spacial score (nSPS) is 25.5. The van der Waals surface area contributed by atoms with Crippen LogP contribution in [0, 0.1) is 5.92 Å². The van der Waals surface area contributed by atoms with Gasteiger partial charge in [0.25, 0.3) is 0 Å². The van der Waals surface area contributed by atoms with E-state index in [1.54, 1.807) is 0 Å². The van der Waals surface area contributed by atoms with Gasteiger partial charge in [0.15, 0.2) is 0 Å². The smallest absolute Gasteiger partial charge is 0.393 e. The van der Waals surface area contributed by atoms with Crippen LogP contribution in [0.2, 0.25) is 0 Å². The summed E-state index contributed by atoms with van der Waals surface area (Å²) < 4.78 is 86.5. The molecular formula is C28H32F6N2O3. The van der Waals surface area contributed by atoms with Gasteiger partial charge in [-0.25, -0.2) is 0 Å². The lowest BCUT2D eigenvalue weighted by atomic mass is 9.67. The molecule has 2 aromatic rings. The van der Waals surface area contributed by atoms with Gasteiger partial charge in [0.2, 0.25) is 5.91 Å². The Hall–Kier alpha value is -2.63. The third-order valence-electron chi connectivity index (χ3n) is 8.05. The molecule has 0 bridgehead atoms. The fraction of sp³-hybridized carbons (Fsp3) is 0.536. The van der Waals surface area contributed by atoms with Gasteiger partial charge < -0.3 is 15.6 Å². The van der Waals surface area contributed by atoms with Crippen molar-refractivity contribution in [2.45, 2.75) is 68.6 Å². The van der Waals surface area contributed by atoms with E-state index < -0.39 is 59.2 Å². The highest BCUT2D eigenvalue weighted by molar-refractivity contribution is 5.80. The van der Waals surface area contributed by atoms with Gasteiger partial charge in [-0.15, -0.1) is 0 Å². The van der Waals surface area contributed by atoms with Crippen LogP contribution in [0.3, 0.4) is 0 Å². The van der Waals surface area contributed by atoms with E-state index in [9.17, 15) is 36.2 Å². The molecule has 0 radical (unpaired) electrons. The van der Waals surface area contributed by atoms with Crippen molar-refractivity contribution in [2.24, 2.45) is 11.7 Å². The number of benzene rings is 2. The van der Waals surface area contributed by atoms with E-state index in [2.05, 4.69) is 4.90 Å². The third kappa shape index (κ3) is 6.10. The molecule has 1 aliphatic heterocycles. The predicted octanol–water partition coefficient (Wildman–Crippen LogP) is 5.81. The quantitative estimate of drug-likeness (QED) is 0.401. The maximum Gasteiger partial charge on any atom is 0.416 e. The lowest BCUT2D eigenvalue weighted by Gasteiger charge is -2.52. The fourth-order valence-electron chi connectivity index (χ4n) is 6.29. The van der Waals surface area contributed by atoms with Crippen LogP contribution in [-0.2, 0) is 27.4 Å². The Balaban J connectivity index is 1.69. The van der Waals surface area contributed by atoms with E-state index in [0.717, 1.165) is 24.8 Å². The summed E-state index contributed by atoms with van der Waals surface area (Å²) in [4.78, 5) is 14.5. The first-order valence-corrected chi connectivity index (χ1v) is 13.0. The molecule has 2 aliphatic rings. The van der Waals surface area contributed by atoms with Gasteiger partial charge in [-0.3, -0.25) is 9.69 Å². The Labute approximate surface area is 222 Å². The predicted molar refractivity (Wildman–Crippen MR) is 131 cm³/mol. The highest BCUT2D eigenvalue weighted by Crippen LogP contribution is 2.50. The highest BCUT2D eigenvalue weighted by Gasteiger charge is 2.51. The summed E-state index contributed by atoms with van der Waals surface area (Å²) in [5, 5.41) is 10.0. The van der Waals surface area contributed by atoms with Gasteiger partial charge in [-0.2, -0.15) is 26.3 Å². The average Bonchev–Trinajstić information content (AvgIpc) is 3.40. The van der Waals surface area contributed by atoms with Crippen molar-refractivity contribution in [3.8, 4) is 0 Å². The van der Waals surface area contributed by atoms with Crippen LogP contribution in [0.1, 0.15) is 66.9 Å². The van der Waals surface area contributed by atoms with Crippen molar-refractivity contribution in [1.29, 1.82) is 0 Å². The molecule has 4 atom stereocenters. The average molecular weight is 559 g/mol. The second-order valence-electron chi connectivity index (χ2n) is 10.3. The number of ether oxygens (including phenoxy) is 1. The molecule has 2 fully saturated rings. The van der Waals surface area contributed by atoms with E-state index in [1.807, 2.05) is 30.3 Å². The first-order chi connectivity index (χ1) is 18.4. The monoisotopic (exact) mass is 558 g/mol. The molecule has 214 valence electrons. The van der Waals surface area contributed by atoms with Crippen molar-refractivity contribution < 1.29 is 41.0 Å². The van der Waals surface area contributed by atoms with Crippen LogP contribution in [0.15, 0.2) is 48.5 Å². The van der Waals surface area contributed by atoms with Crippen LogP contribution in [0.25, 0.3) is 0 Å². The molecule has 39 heavy (non-hydrogen) atoms. The summed E-state index contributed by atoms with van der Waals surface area (Å²) >= 11 is 0. The zero-order chi connectivity index (χ0) is 28.4. The number of nitrogens with zero attached hydrogens (tertiary/aromatic N) is 1. The number of rotatable bonds is 8. The molecule has 4 rings (SSSR count). The number of carbonyl (C=O) groups excluding carboxylic acids is 1. The SMILES string of the molecule is NC(=O)C1CCCN1[C@@]1(c2ccccc2)CCCC[C@@H]1CO[C@H](CO)c1cc(C(F)(F)F)cc(C(F)(F)F)c1. The number of nitrogens with two attached hydrogens (primary N) is 1. The Morgan fingerprint density at radius 1 is 1.00 bits per heavy atom. The van der Waals surface area contributed by atoms with Crippen LogP contribution in [0.4, 0.5) is 26.3 Å². The van der Waals surface area contributed by atoms with Crippen LogP contribution < -0.4 is 5.73 Å². The summed E-state index contributed by atoms with van der Waals surface area (Å²) in [6, 6.07) is 10.3. The van der Waals surface area contributed by atoms with Crippen molar-refractivity contribution in [3.05, 3.63) is 70.8 Å². The topological polar surface area (TPSA) is 75.8 Å². The van der Waals surface area contributed by atoms with Gasteiger partial charge in [-0.05, 0) is 61.6 Å². The van der Waals surface area contributed by atoms with E-state index in [-0.39, 0.29) is 18.6 Å². The number of hydrogen-bond donors (Lipinski definition) is 2. The van der Waals surface area contributed by atoms with E-state index >= 15 is 0 Å². The molecule has 2 aromatic carbocycles. The Bertz CT molecular complexity index is 1110. The molecule has 1 saturated carbocycles. The number of aliphatic hydroxyl groups excluding tert-OH is 1. The number of halogens is 6. The standard InChI is InChI=1S/C28H32F6N2O3/c29-27(30,31)21-13-18(14-22(15-21)28(32,33)34)24(16-37)39-17-20-9-4-5-11-26(20,19-7-2-1-3-8-19)36-12-6-10-23(36)25(35)38/h1-3,7-8,13-15,20,23-24,37H,4-6,9-12,16-17H2,(H2,35,38)/t20-,23?,24-,26-/m1/s1. The van der Waals surface area contributed by atoms with E-state index in [0.29, 0.717) is 37.9 Å². The van der Waals surface area contributed by atoms with Crippen molar-refractivity contribution in [3.63, 3.8) is 0 Å². The fourth-order valence-corrected chi connectivity index (χ4v) is 6.29. The molecule has 0 spiro atoms. The molecule has 1 amide bonds. The maximum absolute atomic E-state index is 13.4. The van der Waals surface area contributed by atoms with Gasteiger partial charge in [0.05, 0.1) is 35.9 Å². The lowest BCUT2D eigenvalue weighted by Crippen LogP contribution is -2.58. The number of primary amides is 1. The molecule has 1 aliphatic carbocycles. The summed E-state index contributed by atoms with van der Waals surface area (Å²) in [7, 11) is 0. The highest BCUT2D eigenvalue weighted by atomic mass is 19.4. The zero-order valence-corrected chi connectivity index (χ0v) is 21.3. The minimum Gasteiger partial charge on any atom is -0.393 e. The second kappa shape index (κ2) is 11.5. The largest absolute Gasteiger partial charge is 0.416 e. The molecule has 0 aromatic heterocycles. The lowest BCUT2D eigenvalue weighted by molar-refractivity contribution is -0.143. The first kappa shape index (κ1) is 29.4. The van der Waals surface area contributed by atoms with E-state index in [4.69, 9.17) is 10.5 Å². The first-order valence-electron chi connectivity index (χ1n) is 13.0. The number of aliphatic hydroxyl groups is 1. The minimum atomic E-state index is -5.01. The van der Waals surface area contributed by atoms with Crippen molar-refractivity contribution >= 4 is 5.91 Å². The molecule has 1 saturated heterocycles. The summed E-state index contributed by atoms with van der Waals surface area (Å²) in [6.45, 7) is -0.234. The molecular weight excluding hydrogens is 526 g/mol. The van der Waals surface area contributed by atoms with Crippen molar-refractivity contribution in [2.75, 3.05) is 19.8 Å². The summed E-state index contributed by atoms with van der Waals surface area (Å²) in [5.74, 6) is -0.694. The second-order valence-corrected chi connectivity index (χ2v) is 10.3. The number of likely N-dealkylation sites (tertiary alicyclic amines) is 1. The van der Waals surface area contributed by atoms with Crippen molar-refractivity contribution in [1.82, 2.24) is 4.90 Å². The van der Waals surface area contributed by atoms with Gasteiger partial charge in [0, 0.05) is 5.92 Å². The van der Waals surface area contributed by atoms with Gasteiger partial charge >= 0.3 is 12.4 Å². The molecule has 1 unspecified atom stereocenters.